The average Bonchev–Trinajstić information content (AvgIpc) is 3.30. The topological polar surface area (TPSA) is 80.5 Å². The lowest BCUT2D eigenvalue weighted by molar-refractivity contribution is 0.0686. The molecule has 1 saturated heterocycles. The summed E-state index contributed by atoms with van der Waals surface area (Å²) in [6.45, 7) is 2.62. The molecule has 1 N–H and O–H groups in total. The van der Waals surface area contributed by atoms with Crippen LogP contribution in [0.5, 0.6) is 5.75 Å². The molecule has 35 heavy (non-hydrogen) atoms. The predicted octanol–water partition coefficient (Wildman–Crippen LogP) is 5.47. The van der Waals surface area contributed by atoms with E-state index in [9.17, 15) is 9.90 Å². The summed E-state index contributed by atoms with van der Waals surface area (Å²) in [6, 6.07) is 20.5. The maximum atomic E-state index is 11.9. The molecular formula is C27H28N4O3S. The Morgan fingerprint density at radius 2 is 1.74 bits per heavy atom. The van der Waals surface area contributed by atoms with Gasteiger partial charge in [0.2, 0.25) is 5.69 Å². The quantitative estimate of drug-likeness (QED) is 0.330. The van der Waals surface area contributed by atoms with Gasteiger partial charge in [-0.05, 0) is 54.0 Å². The van der Waals surface area contributed by atoms with Gasteiger partial charge in [-0.1, -0.05) is 59.4 Å². The summed E-state index contributed by atoms with van der Waals surface area (Å²) < 4.78 is 6.90. The van der Waals surface area contributed by atoms with E-state index in [1.54, 1.807) is 11.8 Å². The summed E-state index contributed by atoms with van der Waals surface area (Å²) in [5.41, 5.74) is 3.43. The molecule has 1 aliphatic heterocycles. The van der Waals surface area contributed by atoms with Crippen molar-refractivity contribution in [3.05, 3.63) is 77.5 Å². The van der Waals surface area contributed by atoms with Gasteiger partial charge in [0.15, 0.2) is 0 Å². The molecule has 8 heteroatoms. The second-order valence-electron chi connectivity index (χ2n) is 8.68. The maximum absolute atomic E-state index is 11.9. The Labute approximate surface area is 208 Å². The highest BCUT2D eigenvalue weighted by molar-refractivity contribution is 7.98. The second kappa shape index (κ2) is 10.4. The second-order valence-corrected chi connectivity index (χ2v) is 9.64. The number of piperidine rings is 1. The fourth-order valence-electron chi connectivity index (χ4n) is 4.62. The van der Waals surface area contributed by atoms with Crippen molar-refractivity contribution in [2.75, 3.05) is 25.1 Å². The first kappa shape index (κ1) is 23.2. The summed E-state index contributed by atoms with van der Waals surface area (Å²) in [5.74, 6) is 0.323. The van der Waals surface area contributed by atoms with Crippen LogP contribution in [0.4, 0.5) is 5.69 Å². The van der Waals surface area contributed by atoms with Crippen molar-refractivity contribution in [1.29, 1.82) is 0 Å². The SMILES string of the molecule is COc1ccc(Cn2nnc(C(=O)O)c2SCc2ccc(N3CCCCC3)c3ccccc23)cc1. The van der Waals surface area contributed by atoms with Gasteiger partial charge in [0.25, 0.3) is 0 Å². The number of hydrogen-bond acceptors (Lipinski definition) is 6. The molecule has 0 saturated carbocycles. The fourth-order valence-corrected chi connectivity index (χ4v) is 5.68. The molecule has 1 aliphatic rings. The highest BCUT2D eigenvalue weighted by Crippen LogP contribution is 2.35. The number of anilines is 1. The number of carboxylic acids is 1. The van der Waals surface area contributed by atoms with E-state index >= 15 is 0 Å². The Bertz CT molecular complexity index is 1330. The minimum Gasteiger partial charge on any atom is -0.497 e. The van der Waals surface area contributed by atoms with Crippen LogP contribution in [-0.4, -0.2) is 46.3 Å². The molecule has 0 amide bonds. The molecule has 1 aromatic heterocycles. The third-order valence-electron chi connectivity index (χ3n) is 6.44. The van der Waals surface area contributed by atoms with E-state index in [1.807, 2.05) is 24.3 Å². The largest absolute Gasteiger partial charge is 0.497 e. The Balaban J connectivity index is 1.42. The van der Waals surface area contributed by atoms with E-state index < -0.39 is 5.97 Å². The number of rotatable bonds is 8. The van der Waals surface area contributed by atoms with Gasteiger partial charge in [0.1, 0.15) is 10.8 Å². The summed E-state index contributed by atoms with van der Waals surface area (Å²) in [6.07, 6.45) is 3.76. The molecule has 7 nitrogen and oxygen atoms in total. The fraction of sp³-hybridized carbons (Fsp3) is 0.296. The minimum absolute atomic E-state index is 0.0160. The van der Waals surface area contributed by atoms with Gasteiger partial charge < -0.3 is 14.7 Å². The molecule has 0 unspecified atom stereocenters. The van der Waals surface area contributed by atoms with Crippen LogP contribution in [0.15, 0.2) is 65.7 Å². The Morgan fingerprint density at radius 1 is 1.00 bits per heavy atom. The van der Waals surface area contributed by atoms with E-state index in [0.717, 1.165) is 24.4 Å². The molecule has 0 atom stereocenters. The number of aromatic carboxylic acids is 1. The standard InChI is InChI=1S/C27H28N4O3S/c1-34-21-12-9-19(10-13-21)17-31-26(25(27(32)33)28-29-31)35-18-20-11-14-24(30-15-5-2-6-16-30)23-8-4-3-7-22(20)23/h3-4,7-14H,2,5-6,15-18H2,1H3,(H,32,33). The van der Waals surface area contributed by atoms with Crippen molar-refractivity contribution in [3.8, 4) is 5.75 Å². The van der Waals surface area contributed by atoms with E-state index in [0.29, 0.717) is 17.3 Å². The number of carboxylic acid groups (broad SMARTS) is 1. The molecule has 5 rings (SSSR count). The van der Waals surface area contributed by atoms with Crippen LogP contribution >= 0.6 is 11.8 Å². The van der Waals surface area contributed by atoms with Crippen molar-refractivity contribution in [1.82, 2.24) is 15.0 Å². The van der Waals surface area contributed by atoms with Crippen molar-refractivity contribution in [3.63, 3.8) is 0 Å². The molecule has 2 heterocycles. The Kier molecular flexibility index (Phi) is 6.90. The molecule has 4 aromatic rings. The maximum Gasteiger partial charge on any atom is 0.359 e. The number of nitrogens with zero attached hydrogens (tertiary/aromatic N) is 4. The van der Waals surface area contributed by atoms with E-state index in [-0.39, 0.29) is 5.69 Å². The summed E-state index contributed by atoms with van der Waals surface area (Å²) in [4.78, 5) is 14.3. The zero-order chi connectivity index (χ0) is 24.2. The molecule has 0 bridgehead atoms. The lowest BCUT2D eigenvalue weighted by atomic mass is 10.0. The van der Waals surface area contributed by atoms with Crippen LogP contribution in [0, 0.1) is 0 Å². The number of carbonyl (C=O) groups is 1. The zero-order valence-electron chi connectivity index (χ0n) is 19.7. The lowest BCUT2D eigenvalue weighted by Gasteiger charge is -2.30. The van der Waals surface area contributed by atoms with Gasteiger partial charge in [-0.3, -0.25) is 0 Å². The number of benzene rings is 3. The first-order valence-electron chi connectivity index (χ1n) is 11.8. The highest BCUT2D eigenvalue weighted by atomic mass is 32.2. The lowest BCUT2D eigenvalue weighted by Crippen LogP contribution is -2.29. The van der Waals surface area contributed by atoms with Crippen LogP contribution in [0.25, 0.3) is 10.8 Å². The number of ether oxygens (including phenoxy) is 1. The van der Waals surface area contributed by atoms with E-state index in [1.165, 1.54) is 53.0 Å². The number of aromatic nitrogens is 3. The van der Waals surface area contributed by atoms with Gasteiger partial charge >= 0.3 is 5.97 Å². The van der Waals surface area contributed by atoms with Crippen molar-refractivity contribution in [2.24, 2.45) is 0 Å². The van der Waals surface area contributed by atoms with E-state index in [2.05, 4.69) is 51.6 Å². The number of hydrogen-bond donors (Lipinski definition) is 1. The predicted molar refractivity (Wildman–Crippen MR) is 139 cm³/mol. The van der Waals surface area contributed by atoms with Crippen molar-refractivity contribution < 1.29 is 14.6 Å². The summed E-state index contributed by atoms with van der Waals surface area (Å²) in [7, 11) is 1.63. The Hall–Kier alpha value is -3.52. The highest BCUT2D eigenvalue weighted by Gasteiger charge is 2.21. The zero-order valence-corrected chi connectivity index (χ0v) is 20.5. The van der Waals surface area contributed by atoms with Crippen LogP contribution in [-0.2, 0) is 12.3 Å². The van der Waals surface area contributed by atoms with Gasteiger partial charge in [0, 0.05) is 29.9 Å². The normalized spacial score (nSPS) is 13.8. The molecule has 3 aromatic carbocycles. The summed E-state index contributed by atoms with van der Waals surface area (Å²) in [5, 5.41) is 20.8. The third kappa shape index (κ3) is 4.98. The van der Waals surface area contributed by atoms with Gasteiger partial charge in [0.05, 0.1) is 13.7 Å². The third-order valence-corrected chi connectivity index (χ3v) is 7.57. The van der Waals surface area contributed by atoms with Crippen LogP contribution in [0.3, 0.4) is 0 Å². The first-order chi connectivity index (χ1) is 17.1. The number of methoxy groups -OCH3 is 1. The number of fused-ring (bicyclic) bond motifs is 1. The van der Waals surface area contributed by atoms with Gasteiger partial charge in [-0.2, -0.15) is 0 Å². The molecule has 1 fully saturated rings. The Morgan fingerprint density at radius 3 is 2.46 bits per heavy atom. The average molecular weight is 489 g/mol. The molecular weight excluding hydrogens is 460 g/mol. The van der Waals surface area contributed by atoms with E-state index in [4.69, 9.17) is 4.74 Å². The van der Waals surface area contributed by atoms with Crippen molar-refractivity contribution >= 4 is 34.2 Å². The van der Waals surface area contributed by atoms with Crippen LogP contribution < -0.4 is 9.64 Å². The van der Waals surface area contributed by atoms with Crippen LogP contribution in [0.2, 0.25) is 0 Å². The molecule has 0 spiro atoms. The number of thioether (sulfide) groups is 1. The first-order valence-corrected chi connectivity index (χ1v) is 12.8. The van der Waals surface area contributed by atoms with Crippen molar-refractivity contribution in [2.45, 2.75) is 36.6 Å². The van der Waals surface area contributed by atoms with Gasteiger partial charge in [-0.25, -0.2) is 9.48 Å². The minimum atomic E-state index is -1.07. The monoisotopic (exact) mass is 488 g/mol. The molecule has 180 valence electrons. The molecule has 0 radical (unpaired) electrons. The smallest absolute Gasteiger partial charge is 0.359 e. The molecule has 0 aliphatic carbocycles. The van der Waals surface area contributed by atoms with Crippen LogP contribution in [0.1, 0.15) is 40.9 Å². The summed E-state index contributed by atoms with van der Waals surface area (Å²) >= 11 is 1.46. The van der Waals surface area contributed by atoms with Gasteiger partial charge in [-0.15, -0.1) is 5.10 Å².